The highest BCUT2D eigenvalue weighted by molar-refractivity contribution is 5.94. The number of anilines is 2. The van der Waals surface area contributed by atoms with E-state index in [0.717, 1.165) is 6.07 Å². The van der Waals surface area contributed by atoms with Gasteiger partial charge in [-0.25, -0.2) is 13.2 Å². The molecule has 0 heterocycles. The number of nitrogens with two attached hydrogens (primary N) is 1. The van der Waals surface area contributed by atoms with Gasteiger partial charge in [0.1, 0.15) is 5.75 Å². The van der Waals surface area contributed by atoms with Gasteiger partial charge in [-0.3, -0.25) is 9.59 Å². The fraction of sp³-hybridized carbons (Fsp3) is 0.222. The molecule has 0 saturated carbocycles. The van der Waals surface area contributed by atoms with Crippen LogP contribution in [-0.4, -0.2) is 32.0 Å². The minimum Gasteiger partial charge on any atom is -0.497 e. The zero-order valence-corrected chi connectivity index (χ0v) is 14.5. The molecule has 3 N–H and O–H groups in total. The fourth-order valence-electron chi connectivity index (χ4n) is 2.32. The minimum atomic E-state index is -1.67. The molecule has 0 atom stereocenters. The lowest BCUT2D eigenvalue weighted by molar-refractivity contribution is -0.118. The SMILES string of the molecule is COc1ccc(N(CCC(N)=O)CC(=O)Nc2ccc(F)c(F)c2F)cc1. The zero-order chi connectivity index (χ0) is 20.0. The molecule has 0 radical (unpaired) electrons. The first-order chi connectivity index (χ1) is 12.8. The number of nitrogens with one attached hydrogen (secondary N) is 1. The predicted octanol–water partition coefficient (Wildman–Crippen LogP) is 2.43. The lowest BCUT2D eigenvalue weighted by atomic mass is 10.2. The Morgan fingerprint density at radius 3 is 2.33 bits per heavy atom. The van der Waals surface area contributed by atoms with Gasteiger partial charge in [-0.15, -0.1) is 0 Å². The summed E-state index contributed by atoms with van der Waals surface area (Å²) in [7, 11) is 1.50. The minimum absolute atomic E-state index is 0.0150. The topological polar surface area (TPSA) is 84.7 Å². The average molecular weight is 381 g/mol. The van der Waals surface area contributed by atoms with Crippen LogP contribution in [0, 0.1) is 17.5 Å². The molecule has 0 spiro atoms. The van der Waals surface area contributed by atoms with Crippen molar-refractivity contribution in [2.24, 2.45) is 5.73 Å². The molecule has 27 heavy (non-hydrogen) atoms. The van der Waals surface area contributed by atoms with Gasteiger partial charge in [0, 0.05) is 18.7 Å². The van der Waals surface area contributed by atoms with Crippen molar-refractivity contribution < 1.29 is 27.5 Å². The molecule has 0 aliphatic heterocycles. The number of nitrogens with zero attached hydrogens (tertiary/aromatic N) is 1. The number of ether oxygens (including phenoxy) is 1. The van der Waals surface area contributed by atoms with Crippen LogP contribution in [0.4, 0.5) is 24.5 Å². The van der Waals surface area contributed by atoms with Gasteiger partial charge in [-0.05, 0) is 36.4 Å². The van der Waals surface area contributed by atoms with Crippen molar-refractivity contribution in [2.45, 2.75) is 6.42 Å². The third-order valence-corrected chi connectivity index (χ3v) is 3.71. The summed E-state index contributed by atoms with van der Waals surface area (Å²) >= 11 is 0. The molecule has 6 nitrogen and oxygen atoms in total. The van der Waals surface area contributed by atoms with E-state index in [2.05, 4.69) is 5.32 Å². The Bertz CT molecular complexity index is 829. The van der Waals surface area contributed by atoms with Crippen molar-refractivity contribution in [2.75, 3.05) is 30.4 Å². The second-order valence-electron chi connectivity index (χ2n) is 5.61. The van der Waals surface area contributed by atoms with Crippen molar-refractivity contribution in [3.63, 3.8) is 0 Å². The Morgan fingerprint density at radius 1 is 1.07 bits per heavy atom. The summed E-state index contributed by atoms with van der Waals surface area (Å²) in [6, 6.07) is 8.31. The standard InChI is InChI=1S/C18H18F3N3O3/c1-27-12-4-2-11(3-5-12)24(9-8-15(22)25)10-16(26)23-14-7-6-13(19)17(20)18(14)21/h2-7H,8-10H2,1H3,(H2,22,25)(H,23,26). The highest BCUT2D eigenvalue weighted by Gasteiger charge is 2.17. The summed E-state index contributed by atoms with van der Waals surface area (Å²) in [4.78, 5) is 24.8. The molecule has 0 bridgehead atoms. The number of methoxy groups -OCH3 is 1. The van der Waals surface area contributed by atoms with Gasteiger partial charge >= 0.3 is 0 Å². The van der Waals surface area contributed by atoms with Crippen molar-refractivity contribution in [3.05, 3.63) is 53.8 Å². The average Bonchev–Trinajstić information content (AvgIpc) is 2.65. The van der Waals surface area contributed by atoms with Crippen LogP contribution in [-0.2, 0) is 9.59 Å². The summed E-state index contributed by atoms with van der Waals surface area (Å²) < 4.78 is 45.0. The number of carbonyl (C=O) groups excluding carboxylic acids is 2. The zero-order valence-electron chi connectivity index (χ0n) is 14.5. The molecule has 0 aromatic heterocycles. The van der Waals surface area contributed by atoms with Gasteiger partial charge in [-0.1, -0.05) is 0 Å². The van der Waals surface area contributed by atoms with Crippen LogP contribution < -0.4 is 20.7 Å². The van der Waals surface area contributed by atoms with Gasteiger partial charge in [0.05, 0.1) is 19.3 Å². The summed E-state index contributed by atoms with van der Waals surface area (Å²) in [5.41, 5.74) is 5.27. The van der Waals surface area contributed by atoms with Crippen molar-refractivity contribution in [1.82, 2.24) is 0 Å². The maximum atomic E-state index is 13.7. The molecule has 2 aromatic carbocycles. The normalized spacial score (nSPS) is 10.4. The van der Waals surface area contributed by atoms with Gasteiger partial charge in [0.25, 0.3) is 0 Å². The van der Waals surface area contributed by atoms with E-state index in [-0.39, 0.29) is 19.5 Å². The summed E-state index contributed by atoms with van der Waals surface area (Å²) in [6.45, 7) is -0.132. The van der Waals surface area contributed by atoms with E-state index in [1.807, 2.05) is 0 Å². The molecule has 0 fully saturated rings. The van der Waals surface area contributed by atoms with E-state index in [1.165, 1.54) is 12.0 Å². The second kappa shape index (κ2) is 8.93. The Kier molecular flexibility index (Phi) is 6.64. The van der Waals surface area contributed by atoms with Crippen LogP contribution in [0.25, 0.3) is 0 Å². The van der Waals surface area contributed by atoms with E-state index < -0.39 is 35.0 Å². The molecule has 2 aromatic rings. The van der Waals surface area contributed by atoms with Gasteiger partial charge < -0.3 is 20.7 Å². The van der Waals surface area contributed by atoms with E-state index in [1.54, 1.807) is 24.3 Å². The third kappa shape index (κ3) is 5.37. The first-order valence-corrected chi connectivity index (χ1v) is 7.92. The number of rotatable bonds is 8. The van der Waals surface area contributed by atoms with Gasteiger partial charge in [0.15, 0.2) is 17.5 Å². The third-order valence-electron chi connectivity index (χ3n) is 3.71. The summed E-state index contributed by atoms with van der Waals surface area (Å²) in [5.74, 6) is -5.15. The number of benzene rings is 2. The Labute approximate surface area is 153 Å². The lowest BCUT2D eigenvalue weighted by Gasteiger charge is -2.24. The molecule has 9 heteroatoms. The molecular formula is C18H18F3N3O3. The van der Waals surface area contributed by atoms with Crippen molar-refractivity contribution in [1.29, 1.82) is 0 Å². The predicted molar refractivity (Wildman–Crippen MR) is 94.0 cm³/mol. The fourth-order valence-corrected chi connectivity index (χ4v) is 2.32. The maximum Gasteiger partial charge on any atom is 0.243 e. The molecule has 0 aliphatic rings. The van der Waals surface area contributed by atoms with E-state index in [9.17, 15) is 22.8 Å². The summed E-state index contributed by atoms with van der Waals surface area (Å²) in [5, 5.41) is 2.19. The molecule has 0 unspecified atom stereocenters. The van der Waals surface area contributed by atoms with Crippen molar-refractivity contribution in [3.8, 4) is 5.75 Å². The van der Waals surface area contributed by atoms with E-state index >= 15 is 0 Å². The van der Waals surface area contributed by atoms with Gasteiger partial charge in [0.2, 0.25) is 11.8 Å². The Hall–Kier alpha value is -3.23. The van der Waals surface area contributed by atoms with Crippen LogP contribution in [0.1, 0.15) is 6.42 Å². The molecule has 0 saturated heterocycles. The first kappa shape index (κ1) is 20.1. The Morgan fingerprint density at radius 2 is 1.74 bits per heavy atom. The number of halogens is 3. The number of primary amides is 1. The van der Waals surface area contributed by atoms with Gasteiger partial charge in [-0.2, -0.15) is 0 Å². The number of carbonyl (C=O) groups is 2. The van der Waals surface area contributed by atoms with Crippen LogP contribution >= 0.6 is 0 Å². The molecular weight excluding hydrogens is 363 g/mol. The van der Waals surface area contributed by atoms with Crippen LogP contribution in [0.15, 0.2) is 36.4 Å². The molecule has 0 aliphatic carbocycles. The quantitative estimate of drug-likeness (QED) is 0.688. The molecule has 2 rings (SSSR count). The van der Waals surface area contributed by atoms with Crippen molar-refractivity contribution >= 4 is 23.2 Å². The second-order valence-corrected chi connectivity index (χ2v) is 5.61. The highest BCUT2D eigenvalue weighted by atomic mass is 19.2. The maximum absolute atomic E-state index is 13.7. The number of hydrogen-bond donors (Lipinski definition) is 2. The molecule has 144 valence electrons. The molecule has 2 amide bonds. The summed E-state index contributed by atoms with van der Waals surface area (Å²) in [6.07, 6.45) is -0.0150. The first-order valence-electron chi connectivity index (χ1n) is 7.92. The van der Waals surface area contributed by atoms with E-state index in [0.29, 0.717) is 17.5 Å². The van der Waals surface area contributed by atoms with E-state index in [4.69, 9.17) is 10.5 Å². The lowest BCUT2D eigenvalue weighted by Crippen LogP contribution is -2.35. The highest BCUT2D eigenvalue weighted by Crippen LogP contribution is 2.21. The van der Waals surface area contributed by atoms with Crippen LogP contribution in [0.5, 0.6) is 5.75 Å². The monoisotopic (exact) mass is 381 g/mol. The van der Waals surface area contributed by atoms with Crippen LogP contribution in [0.3, 0.4) is 0 Å². The number of amides is 2. The smallest absolute Gasteiger partial charge is 0.243 e. The number of hydrogen-bond acceptors (Lipinski definition) is 4. The Balaban J connectivity index is 2.14. The van der Waals surface area contributed by atoms with Crippen LogP contribution in [0.2, 0.25) is 0 Å². The largest absolute Gasteiger partial charge is 0.497 e.